The lowest BCUT2D eigenvalue weighted by atomic mass is 10.1. The molecule has 0 bridgehead atoms. The van der Waals surface area contributed by atoms with Crippen LogP contribution in [0.3, 0.4) is 0 Å². The van der Waals surface area contributed by atoms with E-state index in [9.17, 15) is 9.18 Å². The fourth-order valence-corrected chi connectivity index (χ4v) is 4.61. The first-order chi connectivity index (χ1) is 17.0. The van der Waals surface area contributed by atoms with Gasteiger partial charge in [0, 0.05) is 30.7 Å². The molecule has 2 aromatic carbocycles. The number of fused-ring (bicyclic) bond motifs is 1. The molecule has 0 saturated carbocycles. The molecular formula is C27H29FN4O2S. The number of ether oxygens (including phenoxy) is 1. The van der Waals surface area contributed by atoms with E-state index in [1.165, 1.54) is 17.8 Å². The van der Waals surface area contributed by atoms with Crippen molar-refractivity contribution in [2.24, 2.45) is 0 Å². The first-order valence-corrected chi connectivity index (χ1v) is 12.6. The van der Waals surface area contributed by atoms with Crippen molar-refractivity contribution in [2.75, 3.05) is 13.2 Å². The van der Waals surface area contributed by atoms with Gasteiger partial charge in [-0.1, -0.05) is 42.1 Å². The molecule has 0 aliphatic heterocycles. The Morgan fingerprint density at radius 3 is 2.71 bits per heavy atom. The maximum Gasteiger partial charge on any atom is 0.251 e. The number of pyridine rings is 1. The van der Waals surface area contributed by atoms with Crippen molar-refractivity contribution in [3.8, 4) is 0 Å². The third kappa shape index (κ3) is 6.68. The van der Waals surface area contributed by atoms with Crippen molar-refractivity contribution in [1.82, 2.24) is 19.9 Å². The van der Waals surface area contributed by atoms with E-state index in [0.29, 0.717) is 36.6 Å². The van der Waals surface area contributed by atoms with Crippen molar-refractivity contribution in [3.63, 3.8) is 0 Å². The highest BCUT2D eigenvalue weighted by molar-refractivity contribution is 7.98. The van der Waals surface area contributed by atoms with Gasteiger partial charge in [0.15, 0.2) is 5.16 Å². The number of amides is 1. The van der Waals surface area contributed by atoms with E-state index in [1.807, 2.05) is 50.2 Å². The Kier molecular flexibility index (Phi) is 8.50. The van der Waals surface area contributed by atoms with Crippen molar-refractivity contribution in [3.05, 3.63) is 89.5 Å². The summed E-state index contributed by atoms with van der Waals surface area (Å²) >= 11 is 1.49. The molecule has 0 atom stereocenters. The normalized spacial score (nSPS) is 11.3. The van der Waals surface area contributed by atoms with Crippen molar-refractivity contribution in [1.29, 1.82) is 0 Å². The summed E-state index contributed by atoms with van der Waals surface area (Å²) in [6, 6.07) is 16.2. The zero-order valence-electron chi connectivity index (χ0n) is 19.9. The smallest absolute Gasteiger partial charge is 0.251 e. The molecule has 2 aromatic heterocycles. The number of nitrogens with one attached hydrogen (secondary N) is 1. The predicted molar refractivity (Wildman–Crippen MR) is 137 cm³/mol. The summed E-state index contributed by atoms with van der Waals surface area (Å²) in [7, 11) is 0. The molecule has 0 saturated heterocycles. The lowest BCUT2D eigenvalue weighted by Gasteiger charge is -2.11. The Balaban J connectivity index is 1.43. The number of benzene rings is 2. The van der Waals surface area contributed by atoms with Gasteiger partial charge in [-0.05, 0) is 55.7 Å². The number of imidazole rings is 1. The van der Waals surface area contributed by atoms with Crippen LogP contribution in [0.4, 0.5) is 4.39 Å². The summed E-state index contributed by atoms with van der Waals surface area (Å²) in [6.45, 7) is 5.75. The molecule has 0 fully saturated rings. The van der Waals surface area contributed by atoms with E-state index in [1.54, 1.807) is 24.5 Å². The molecule has 8 heteroatoms. The molecule has 35 heavy (non-hydrogen) atoms. The van der Waals surface area contributed by atoms with Crippen LogP contribution in [0.2, 0.25) is 0 Å². The number of hydrogen-bond donors (Lipinski definition) is 1. The van der Waals surface area contributed by atoms with E-state index in [2.05, 4.69) is 14.9 Å². The molecule has 2 heterocycles. The van der Waals surface area contributed by atoms with E-state index in [-0.39, 0.29) is 17.8 Å². The van der Waals surface area contributed by atoms with Gasteiger partial charge in [0.25, 0.3) is 5.91 Å². The van der Waals surface area contributed by atoms with Gasteiger partial charge >= 0.3 is 0 Å². The predicted octanol–water partition coefficient (Wildman–Crippen LogP) is 5.46. The molecular weight excluding hydrogens is 463 g/mol. The lowest BCUT2D eigenvalue weighted by Crippen LogP contribution is -2.25. The monoisotopic (exact) mass is 492 g/mol. The van der Waals surface area contributed by atoms with Gasteiger partial charge in [-0.3, -0.25) is 9.78 Å². The topological polar surface area (TPSA) is 69.0 Å². The second-order valence-electron chi connectivity index (χ2n) is 8.45. The number of carbonyl (C=O) groups is 1. The molecule has 4 aromatic rings. The fourth-order valence-electron chi connectivity index (χ4n) is 3.61. The maximum absolute atomic E-state index is 14.1. The maximum atomic E-state index is 14.1. The zero-order valence-corrected chi connectivity index (χ0v) is 20.7. The van der Waals surface area contributed by atoms with Crippen LogP contribution in [0, 0.1) is 5.82 Å². The van der Waals surface area contributed by atoms with Gasteiger partial charge in [0.2, 0.25) is 0 Å². The minimum absolute atomic E-state index is 0.0977. The van der Waals surface area contributed by atoms with Crippen LogP contribution in [0.25, 0.3) is 11.0 Å². The highest BCUT2D eigenvalue weighted by atomic mass is 32.2. The average Bonchev–Trinajstić information content (AvgIpc) is 3.20. The highest BCUT2D eigenvalue weighted by Crippen LogP contribution is 2.28. The van der Waals surface area contributed by atoms with Crippen LogP contribution < -0.4 is 5.32 Å². The molecule has 0 spiro atoms. The fraction of sp³-hybridized carbons (Fsp3) is 0.296. The summed E-state index contributed by atoms with van der Waals surface area (Å²) in [5.41, 5.74) is 4.04. The number of carbonyl (C=O) groups excluding carboxylic acids is 1. The largest absolute Gasteiger partial charge is 0.379 e. The van der Waals surface area contributed by atoms with E-state index in [4.69, 9.17) is 9.72 Å². The summed E-state index contributed by atoms with van der Waals surface area (Å²) < 4.78 is 21.7. The van der Waals surface area contributed by atoms with Gasteiger partial charge in [0.05, 0.1) is 29.9 Å². The Hall–Kier alpha value is -3.23. The molecule has 1 N–H and O–H groups in total. The number of hydrogen-bond acceptors (Lipinski definition) is 5. The summed E-state index contributed by atoms with van der Waals surface area (Å²) in [4.78, 5) is 21.4. The number of thioether (sulfide) groups is 1. The van der Waals surface area contributed by atoms with Crippen LogP contribution in [0.15, 0.2) is 72.1 Å². The minimum Gasteiger partial charge on any atom is -0.379 e. The molecule has 6 nitrogen and oxygen atoms in total. The summed E-state index contributed by atoms with van der Waals surface area (Å²) in [5, 5.41) is 3.72. The molecule has 4 rings (SSSR count). The lowest BCUT2D eigenvalue weighted by molar-refractivity contribution is 0.0757. The van der Waals surface area contributed by atoms with Gasteiger partial charge in [-0.2, -0.15) is 0 Å². The van der Waals surface area contributed by atoms with Crippen LogP contribution in [-0.4, -0.2) is 39.7 Å². The van der Waals surface area contributed by atoms with Crippen molar-refractivity contribution in [2.45, 2.75) is 43.8 Å². The molecule has 0 radical (unpaired) electrons. The summed E-state index contributed by atoms with van der Waals surface area (Å²) in [6.07, 6.45) is 4.48. The standard InChI is InChI=1S/C27H29FN4O2S/c1-19(2)34-15-5-13-30-26(33)21-10-8-20(9-11-21)17-32-25-16-29-14-12-24(25)31-27(32)35-18-22-6-3-4-7-23(22)28/h3-4,6-12,14,16,19H,5,13,15,17-18H2,1-2H3,(H,30,33). The quantitative estimate of drug-likeness (QED) is 0.223. The van der Waals surface area contributed by atoms with E-state index < -0.39 is 0 Å². The second kappa shape index (κ2) is 12.0. The van der Waals surface area contributed by atoms with Crippen LogP contribution >= 0.6 is 11.8 Å². The Bertz CT molecular complexity index is 1270. The average molecular weight is 493 g/mol. The van der Waals surface area contributed by atoms with Crippen LogP contribution in [-0.2, 0) is 17.0 Å². The molecule has 1 amide bonds. The SMILES string of the molecule is CC(C)OCCCNC(=O)c1ccc(Cn2c(SCc3ccccc3F)nc3ccncc32)cc1. The number of halogens is 1. The molecule has 0 aliphatic carbocycles. The number of nitrogens with zero attached hydrogens (tertiary/aromatic N) is 3. The summed E-state index contributed by atoms with van der Waals surface area (Å²) in [5.74, 6) is 0.162. The minimum atomic E-state index is -0.217. The van der Waals surface area contributed by atoms with Gasteiger partial charge in [-0.15, -0.1) is 0 Å². The van der Waals surface area contributed by atoms with Gasteiger partial charge in [-0.25, -0.2) is 9.37 Å². The van der Waals surface area contributed by atoms with Gasteiger partial charge < -0.3 is 14.6 Å². The van der Waals surface area contributed by atoms with Crippen LogP contribution in [0.5, 0.6) is 0 Å². The molecule has 0 aliphatic rings. The molecule has 0 unspecified atom stereocenters. The number of rotatable bonds is 11. The number of aromatic nitrogens is 3. The van der Waals surface area contributed by atoms with Crippen molar-refractivity contribution < 1.29 is 13.9 Å². The first-order valence-electron chi connectivity index (χ1n) is 11.7. The first kappa shape index (κ1) is 24.9. The molecule has 182 valence electrons. The van der Waals surface area contributed by atoms with E-state index >= 15 is 0 Å². The van der Waals surface area contributed by atoms with E-state index in [0.717, 1.165) is 28.2 Å². The Labute approximate surface area is 208 Å². The Morgan fingerprint density at radius 1 is 1.14 bits per heavy atom. The highest BCUT2D eigenvalue weighted by Gasteiger charge is 2.14. The third-order valence-electron chi connectivity index (χ3n) is 5.44. The second-order valence-corrected chi connectivity index (χ2v) is 9.39. The zero-order chi connectivity index (χ0) is 24.6. The van der Waals surface area contributed by atoms with Crippen LogP contribution in [0.1, 0.15) is 41.8 Å². The van der Waals surface area contributed by atoms with Crippen molar-refractivity contribution >= 4 is 28.7 Å². The van der Waals surface area contributed by atoms with Gasteiger partial charge in [0.1, 0.15) is 5.82 Å². The Morgan fingerprint density at radius 2 is 1.94 bits per heavy atom. The third-order valence-corrected chi connectivity index (χ3v) is 6.47.